The molecule has 0 fully saturated rings. The van der Waals surface area contributed by atoms with Gasteiger partial charge in [-0.3, -0.25) is 9.78 Å². The van der Waals surface area contributed by atoms with Crippen LogP contribution in [0, 0.1) is 5.92 Å². The molecule has 1 heterocycles. The first-order valence-electron chi connectivity index (χ1n) is 6.86. The van der Waals surface area contributed by atoms with E-state index in [-0.39, 0.29) is 18.6 Å². The Bertz CT molecular complexity index is 591. The van der Waals surface area contributed by atoms with E-state index in [0.717, 1.165) is 17.2 Å². The highest BCUT2D eigenvalue weighted by Crippen LogP contribution is 2.17. The minimum absolute atomic E-state index is 0.0535. The Morgan fingerprint density at radius 2 is 2.05 bits per heavy atom. The molecule has 1 aromatic carbocycles. The monoisotopic (exact) mass is 272 g/mol. The highest BCUT2D eigenvalue weighted by molar-refractivity contribution is 6.06. The van der Waals surface area contributed by atoms with Gasteiger partial charge in [0.05, 0.1) is 18.2 Å². The first-order chi connectivity index (χ1) is 9.61. The number of nitrogens with zero attached hydrogens (tertiary/aromatic N) is 1. The van der Waals surface area contributed by atoms with Gasteiger partial charge in [-0.1, -0.05) is 38.1 Å². The number of fused-ring (bicyclic) bond motifs is 1. The van der Waals surface area contributed by atoms with Gasteiger partial charge in [0.15, 0.2) is 0 Å². The summed E-state index contributed by atoms with van der Waals surface area (Å²) in [5.41, 5.74) is 0.547. The van der Waals surface area contributed by atoms with Crippen molar-refractivity contribution in [2.75, 3.05) is 6.61 Å². The van der Waals surface area contributed by atoms with Crippen molar-refractivity contribution in [2.24, 2.45) is 5.92 Å². The average molecular weight is 272 g/mol. The summed E-state index contributed by atoms with van der Waals surface area (Å²) in [5.74, 6) is 0.229. The minimum Gasteiger partial charge on any atom is -0.394 e. The summed E-state index contributed by atoms with van der Waals surface area (Å²) in [5, 5.41) is 14.0. The Morgan fingerprint density at radius 1 is 1.30 bits per heavy atom. The zero-order valence-corrected chi connectivity index (χ0v) is 11.8. The van der Waals surface area contributed by atoms with Crippen LogP contribution in [-0.2, 0) is 0 Å². The molecule has 0 aliphatic rings. The summed E-state index contributed by atoms with van der Waals surface area (Å²) in [7, 11) is 0. The Morgan fingerprint density at radius 3 is 2.75 bits per heavy atom. The number of pyridine rings is 1. The van der Waals surface area contributed by atoms with Crippen molar-refractivity contribution < 1.29 is 9.90 Å². The molecular weight excluding hydrogens is 252 g/mol. The maximum atomic E-state index is 12.3. The fourth-order valence-electron chi connectivity index (χ4n) is 2.31. The van der Waals surface area contributed by atoms with Gasteiger partial charge in [0, 0.05) is 17.8 Å². The van der Waals surface area contributed by atoms with Crippen LogP contribution < -0.4 is 5.32 Å². The van der Waals surface area contributed by atoms with Crippen molar-refractivity contribution in [2.45, 2.75) is 26.3 Å². The van der Waals surface area contributed by atoms with Crippen LogP contribution in [0.25, 0.3) is 10.8 Å². The van der Waals surface area contributed by atoms with Gasteiger partial charge in [0.25, 0.3) is 5.91 Å². The number of benzene rings is 1. The van der Waals surface area contributed by atoms with Crippen LogP contribution in [0.15, 0.2) is 36.7 Å². The second-order valence-corrected chi connectivity index (χ2v) is 5.39. The third kappa shape index (κ3) is 3.33. The highest BCUT2D eigenvalue weighted by atomic mass is 16.3. The van der Waals surface area contributed by atoms with Gasteiger partial charge in [-0.05, 0) is 17.7 Å². The van der Waals surface area contributed by atoms with Crippen LogP contribution in [0.3, 0.4) is 0 Å². The molecule has 1 atom stereocenters. The molecule has 1 aromatic heterocycles. The zero-order chi connectivity index (χ0) is 14.5. The third-order valence-corrected chi connectivity index (χ3v) is 3.22. The topological polar surface area (TPSA) is 62.2 Å². The molecule has 2 N–H and O–H groups in total. The van der Waals surface area contributed by atoms with Crippen LogP contribution in [0.4, 0.5) is 0 Å². The van der Waals surface area contributed by atoms with Gasteiger partial charge >= 0.3 is 0 Å². The predicted molar refractivity (Wildman–Crippen MR) is 79.5 cm³/mol. The van der Waals surface area contributed by atoms with Crippen molar-refractivity contribution in [3.8, 4) is 0 Å². The smallest absolute Gasteiger partial charge is 0.253 e. The standard InChI is InChI=1S/C16H20N2O2/c1-11(2)7-13(10-19)18-16(20)15-9-17-8-12-5-3-4-6-14(12)15/h3-6,8-9,11,13,19H,7,10H2,1-2H3,(H,18,20). The molecule has 4 nitrogen and oxygen atoms in total. The second kappa shape index (κ2) is 6.48. The molecular formula is C16H20N2O2. The Balaban J connectivity index is 2.23. The number of hydrogen-bond donors (Lipinski definition) is 2. The Labute approximate surface area is 118 Å². The summed E-state index contributed by atoms with van der Waals surface area (Å²) < 4.78 is 0. The SMILES string of the molecule is CC(C)CC(CO)NC(=O)c1cncc2ccccc12. The summed E-state index contributed by atoms with van der Waals surface area (Å²) >= 11 is 0. The summed E-state index contributed by atoms with van der Waals surface area (Å²) in [6.07, 6.45) is 4.06. The number of nitrogens with one attached hydrogen (secondary N) is 1. The van der Waals surface area contributed by atoms with Crippen LogP contribution in [0.5, 0.6) is 0 Å². The molecule has 0 saturated heterocycles. The molecule has 0 aliphatic carbocycles. The number of rotatable bonds is 5. The van der Waals surface area contributed by atoms with E-state index in [1.165, 1.54) is 0 Å². The van der Waals surface area contributed by atoms with Gasteiger partial charge in [-0.2, -0.15) is 0 Å². The lowest BCUT2D eigenvalue weighted by Crippen LogP contribution is -2.38. The first-order valence-corrected chi connectivity index (χ1v) is 6.86. The normalized spacial score (nSPS) is 12.6. The molecule has 0 aliphatic heterocycles. The van der Waals surface area contributed by atoms with Gasteiger partial charge < -0.3 is 10.4 Å². The molecule has 106 valence electrons. The van der Waals surface area contributed by atoms with E-state index in [9.17, 15) is 9.90 Å². The van der Waals surface area contributed by atoms with Crippen molar-refractivity contribution in [3.05, 3.63) is 42.2 Å². The average Bonchev–Trinajstić information content (AvgIpc) is 2.45. The molecule has 20 heavy (non-hydrogen) atoms. The molecule has 0 radical (unpaired) electrons. The lowest BCUT2D eigenvalue weighted by Gasteiger charge is -2.18. The number of aliphatic hydroxyl groups is 1. The van der Waals surface area contributed by atoms with E-state index in [1.54, 1.807) is 12.4 Å². The molecule has 2 rings (SSSR count). The molecule has 1 unspecified atom stereocenters. The third-order valence-electron chi connectivity index (χ3n) is 3.22. The zero-order valence-electron chi connectivity index (χ0n) is 11.8. The number of aromatic nitrogens is 1. The Kier molecular flexibility index (Phi) is 4.69. The van der Waals surface area contributed by atoms with E-state index < -0.39 is 0 Å². The maximum Gasteiger partial charge on any atom is 0.253 e. The maximum absolute atomic E-state index is 12.3. The fraction of sp³-hybridized carbons (Fsp3) is 0.375. The predicted octanol–water partition coefficient (Wildman–Crippen LogP) is 2.37. The molecule has 4 heteroatoms. The van der Waals surface area contributed by atoms with Crippen molar-refractivity contribution in [3.63, 3.8) is 0 Å². The van der Waals surface area contributed by atoms with Crippen molar-refractivity contribution in [1.82, 2.24) is 10.3 Å². The van der Waals surface area contributed by atoms with Crippen molar-refractivity contribution in [1.29, 1.82) is 0 Å². The van der Waals surface area contributed by atoms with Gasteiger partial charge in [0.1, 0.15) is 0 Å². The quantitative estimate of drug-likeness (QED) is 0.878. The van der Waals surface area contributed by atoms with Crippen LogP contribution in [0.2, 0.25) is 0 Å². The number of aliphatic hydroxyl groups excluding tert-OH is 1. The molecule has 1 amide bonds. The van der Waals surface area contributed by atoms with Crippen molar-refractivity contribution >= 4 is 16.7 Å². The molecule has 0 saturated carbocycles. The van der Waals surface area contributed by atoms with Crippen LogP contribution >= 0.6 is 0 Å². The summed E-state index contributed by atoms with van der Waals surface area (Å²) in [6, 6.07) is 7.43. The van der Waals surface area contributed by atoms with E-state index in [1.807, 2.05) is 24.3 Å². The number of amides is 1. The first kappa shape index (κ1) is 14.5. The van der Waals surface area contributed by atoms with E-state index in [2.05, 4.69) is 24.1 Å². The number of carbonyl (C=O) groups excluding carboxylic acids is 1. The van der Waals surface area contributed by atoms with E-state index in [4.69, 9.17) is 0 Å². The largest absolute Gasteiger partial charge is 0.394 e. The fourth-order valence-corrected chi connectivity index (χ4v) is 2.31. The van der Waals surface area contributed by atoms with Crippen LogP contribution in [0.1, 0.15) is 30.6 Å². The van der Waals surface area contributed by atoms with E-state index in [0.29, 0.717) is 11.5 Å². The molecule has 2 aromatic rings. The van der Waals surface area contributed by atoms with Crippen LogP contribution in [-0.4, -0.2) is 28.6 Å². The molecule has 0 bridgehead atoms. The number of hydrogen-bond acceptors (Lipinski definition) is 3. The lowest BCUT2D eigenvalue weighted by molar-refractivity contribution is 0.0909. The van der Waals surface area contributed by atoms with Gasteiger partial charge in [-0.25, -0.2) is 0 Å². The second-order valence-electron chi connectivity index (χ2n) is 5.39. The molecule has 0 spiro atoms. The highest BCUT2D eigenvalue weighted by Gasteiger charge is 2.16. The summed E-state index contributed by atoms with van der Waals surface area (Å²) in [6.45, 7) is 4.07. The Hall–Kier alpha value is -1.94. The minimum atomic E-state index is -0.221. The van der Waals surface area contributed by atoms with Gasteiger partial charge in [0.2, 0.25) is 0 Å². The summed E-state index contributed by atoms with van der Waals surface area (Å²) in [4.78, 5) is 16.5. The number of carbonyl (C=O) groups is 1. The van der Waals surface area contributed by atoms with E-state index >= 15 is 0 Å². The van der Waals surface area contributed by atoms with Gasteiger partial charge in [-0.15, -0.1) is 0 Å². The lowest BCUT2D eigenvalue weighted by atomic mass is 10.0.